The number of fused-ring (bicyclic) bond motifs is 1. The summed E-state index contributed by atoms with van der Waals surface area (Å²) in [5.41, 5.74) is 7.17. The van der Waals surface area contributed by atoms with E-state index in [1.807, 2.05) is 13.0 Å². The van der Waals surface area contributed by atoms with Gasteiger partial charge in [0, 0.05) is 29.7 Å². The summed E-state index contributed by atoms with van der Waals surface area (Å²) < 4.78 is 0. The minimum atomic E-state index is 0.767. The molecule has 132 valence electrons. The van der Waals surface area contributed by atoms with Crippen molar-refractivity contribution in [3.63, 3.8) is 0 Å². The van der Waals surface area contributed by atoms with Crippen LogP contribution in [0.1, 0.15) is 28.8 Å². The van der Waals surface area contributed by atoms with Gasteiger partial charge in [-0.05, 0) is 68.5 Å². The average molecular weight is 344 g/mol. The number of rotatable bonds is 3. The lowest BCUT2D eigenvalue weighted by Crippen LogP contribution is -2.26. The van der Waals surface area contributed by atoms with Gasteiger partial charge >= 0.3 is 0 Å². The van der Waals surface area contributed by atoms with Gasteiger partial charge in [0.2, 0.25) is 5.95 Å². The Morgan fingerprint density at radius 2 is 1.77 bits per heavy atom. The number of anilines is 4. The summed E-state index contributed by atoms with van der Waals surface area (Å²) in [6.45, 7) is 7.22. The summed E-state index contributed by atoms with van der Waals surface area (Å²) in [5, 5.41) is 3.44. The molecule has 0 spiro atoms. The molecule has 2 heterocycles. The van der Waals surface area contributed by atoms with E-state index in [0.717, 1.165) is 42.5 Å². The van der Waals surface area contributed by atoms with Crippen LogP contribution < -0.4 is 10.2 Å². The van der Waals surface area contributed by atoms with Crippen molar-refractivity contribution in [2.75, 3.05) is 16.8 Å². The van der Waals surface area contributed by atoms with E-state index in [1.165, 1.54) is 22.4 Å². The number of benzene rings is 2. The Balaban J connectivity index is 1.68. The Morgan fingerprint density at radius 1 is 0.923 bits per heavy atom. The zero-order chi connectivity index (χ0) is 18.1. The van der Waals surface area contributed by atoms with Crippen LogP contribution in [0.15, 0.2) is 48.5 Å². The fourth-order valence-corrected chi connectivity index (χ4v) is 3.45. The first-order valence-corrected chi connectivity index (χ1v) is 9.15. The molecule has 0 saturated heterocycles. The zero-order valence-corrected chi connectivity index (χ0v) is 15.6. The summed E-state index contributed by atoms with van der Waals surface area (Å²) in [5.74, 6) is 1.60. The van der Waals surface area contributed by atoms with E-state index >= 15 is 0 Å². The molecular weight excluding hydrogens is 320 g/mol. The molecule has 0 unspecified atom stereocenters. The Morgan fingerprint density at radius 3 is 2.62 bits per heavy atom. The van der Waals surface area contributed by atoms with Gasteiger partial charge < -0.3 is 10.2 Å². The van der Waals surface area contributed by atoms with Gasteiger partial charge in [-0.2, -0.15) is 4.98 Å². The minimum Gasteiger partial charge on any atom is -0.340 e. The van der Waals surface area contributed by atoms with Crippen LogP contribution in [0.3, 0.4) is 0 Å². The van der Waals surface area contributed by atoms with Crippen molar-refractivity contribution < 1.29 is 0 Å². The van der Waals surface area contributed by atoms with E-state index in [4.69, 9.17) is 9.97 Å². The highest BCUT2D eigenvalue weighted by atomic mass is 15.3. The SMILES string of the molecule is Cc1cc(Nc2ccc(C)c(C)c2)nc(N2CCCc3ccccc32)n1. The average Bonchev–Trinajstić information content (AvgIpc) is 2.64. The quantitative estimate of drug-likeness (QED) is 0.706. The molecule has 2 aromatic carbocycles. The van der Waals surface area contributed by atoms with Crippen LogP contribution in [0.25, 0.3) is 0 Å². The molecule has 26 heavy (non-hydrogen) atoms. The Labute approximate surface area is 154 Å². The highest BCUT2D eigenvalue weighted by molar-refractivity contribution is 5.66. The summed E-state index contributed by atoms with van der Waals surface area (Å²) in [6, 6.07) is 16.9. The molecule has 4 heteroatoms. The molecule has 0 atom stereocenters. The first-order valence-electron chi connectivity index (χ1n) is 9.15. The largest absolute Gasteiger partial charge is 0.340 e. The molecule has 0 fully saturated rings. The Kier molecular flexibility index (Phi) is 4.33. The molecule has 4 rings (SSSR count). The maximum atomic E-state index is 4.81. The van der Waals surface area contributed by atoms with Crippen LogP contribution >= 0.6 is 0 Å². The van der Waals surface area contributed by atoms with Crippen LogP contribution in [0.4, 0.5) is 23.1 Å². The fraction of sp³-hybridized carbons (Fsp3) is 0.273. The maximum Gasteiger partial charge on any atom is 0.232 e. The van der Waals surface area contributed by atoms with Crippen LogP contribution in [-0.2, 0) is 6.42 Å². The van der Waals surface area contributed by atoms with E-state index in [-0.39, 0.29) is 0 Å². The summed E-state index contributed by atoms with van der Waals surface area (Å²) in [6.07, 6.45) is 2.24. The molecule has 0 bridgehead atoms. The second-order valence-corrected chi connectivity index (χ2v) is 7.00. The van der Waals surface area contributed by atoms with E-state index in [2.05, 4.69) is 66.5 Å². The van der Waals surface area contributed by atoms with Crippen molar-refractivity contribution in [2.24, 2.45) is 0 Å². The number of aromatic nitrogens is 2. The molecule has 1 aromatic heterocycles. The van der Waals surface area contributed by atoms with Gasteiger partial charge in [0.05, 0.1) is 0 Å². The molecule has 4 nitrogen and oxygen atoms in total. The third kappa shape index (κ3) is 3.27. The molecule has 0 radical (unpaired) electrons. The second kappa shape index (κ2) is 6.79. The first kappa shape index (κ1) is 16.6. The van der Waals surface area contributed by atoms with Gasteiger partial charge in [-0.1, -0.05) is 24.3 Å². The molecule has 1 aliphatic rings. The van der Waals surface area contributed by atoms with Crippen molar-refractivity contribution >= 4 is 23.1 Å². The number of aryl methyl sites for hydroxylation is 4. The van der Waals surface area contributed by atoms with Gasteiger partial charge in [-0.3, -0.25) is 0 Å². The lowest BCUT2D eigenvalue weighted by molar-refractivity contribution is 0.749. The maximum absolute atomic E-state index is 4.81. The van der Waals surface area contributed by atoms with Gasteiger partial charge in [0.25, 0.3) is 0 Å². The molecule has 1 N–H and O–H groups in total. The zero-order valence-electron chi connectivity index (χ0n) is 15.6. The highest BCUT2D eigenvalue weighted by Crippen LogP contribution is 2.32. The van der Waals surface area contributed by atoms with E-state index < -0.39 is 0 Å². The second-order valence-electron chi connectivity index (χ2n) is 7.00. The van der Waals surface area contributed by atoms with E-state index in [9.17, 15) is 0 Å². The minimum absolute atomic E-state index is 0.767. The van der Waals surface area contributed by atoms with Crippen molar-refractivity contribution in [2.45, 2.75) is 33.6 Å². The van der Waals surface area contributed by atoms with Crippen molar-refractivity contribution in [3.05, 3.63) is 70.9 Å². The van der Waals surface area contributed by atoms with Gasteiger partial charge in [0.1, 0.15) is 5.82 Å². The standard InChI is InChI=1S/C22H24N4/c1-15-10-11-19(13-16(15)2)24-21-14-17(3)23-22(25-21)26-12-6-8-18-7-4-5-9-20(18)26/h4-5,7,9-11,13-14H,6,8,12H2,1-3H3,(H,23,24,25). The fourth-order valence-electron chi connectivity index (χ4n) is 3.45. The van der Waals surface area contributed by atoms with E-state index in [1.54, 1.807) is 0 Å². The summed E-state index contributed by atoms with van der Waals surface area (Å²) in [4.78, 5) is 11.7. The number of nitrogens with zero attached hydrogens (tertiary/aromatic N) is 3. The molecule has 0 amide bonds. The van der Waals surface area contributed by atoms with Crippen molar-refractivity contribution in [1.82, 2.24) is 9.97 Å². The lowest BCUT2D eigenvalue weighted by atomic mass is 10.0. The van der Waals surface area contributed by atoms with Crippen LogP contribution in [0.2, 0.25) is 0 Å². The molecular formula is C22H24N4. The summed E-state index contributed by atoms with van der Waals surface area (Å²) in [7, 11) is 0. The van der Waals surface area contributed by atoms with Crippen molar-refractivity contribution in [3.8, 4) is 0 Å². The van der Waals surface area contributed by atoms with Crippen molar-refractivity contribution in [1.29, 1.82) is 0 Å². The normalized spacial score (nSPS) is 13.4. The molecule has 0 aliphatic carbocycles. The van der Waals surface area contributed by atoms with Crippen LogP contribution in [0.5, 0.6) is 0 Å². The van der Waals surface area contributed by atoms with E-state index in [0.29, 0.717) is 0 Å². The first-order chi connectivity index (χ1) is 12.6. The topological polar surface area (TPSA) is 41.1 Å². The number of para-hydroxylation sites is 1. The predicted octanol–water partition coefficient (Wildman–Crippen LogP) is 5.23. The third-order valence-corrected chi connectivity index (χ3v) is 4.97. The monoisotopic (exact) mass is 344 g/mol. The Hall–Kier alpha value is -2.88. The number of nitrogens with one attached hydrogen (secondary N) is 1. The highest BCUT2D eigenvalue weighted by Gasteiger charge is 2.20. The van der Waals surface area contributed by atoms with Crippen LogP contribution in [-0.4, -0.2) is 16.5 Å². The van der Waals surface area contributed by atoms with Gasteiger partial charge in [-0.25, -0.2) is 4.98 Å². The van der Waals surface area contributed by atoms with Gasteiger partial charge in [-0.15, -0.1) is 0 Å². The molecule has 0 saturated carbocycles. The summed E-state index contributed by atoms with van der Waals surface area (Å²) >= 11 is 0. The predicted molar refractivity (Wildman–Crippen MR) is 108 cm³/mol. The van der Waals surface area contributed by atoms with Crippen LogP contribution in [0, 0.1) is 20.8 Å². The molecule has 1 aliphatic heterocycles. The number of hydrogen-bond donors (Lipinski definition) is 1. The third-order valence-electron chi connectivity index (χ3n) is 4.97. The smallest absolute Gasteiger partial charge is 0.232 e. The Bertz CT molecular complexity index is 949. The lowest BCUT2D eigenvalue weighted by Gasteiger charge is -2.29. The number of hydrogen-bond acceptors (Lipinski definition) is 4. The molecule has 3 aromatic rings. The van der Waals surface area contributed by atoms with Gasteiger partial charge in [0.15, 0.2) is 0 Å².